The first-order valence-corrected chi connectivity index (χ1v) is 12.4. The molecule has 1 saturated heterocycles. The first-order valence-electron chi connectivity index (χ1n) is 12.4. The van der Waals surface area contributed by atoms with Gasteiger partial charge in [-0.25, -0.2) is 17.6 Å². The fourth-order valence-corrected chi connectivity index (χ4v) is 6.30. The summed E-state index contributed by atoms with van der Waals surface area (Å²) in [5.74, 6) is -3.93. The molecule has 2 aromatic carbocycles. The second-order valence-electron chi connectivity index (χ2n) is 10.0. The predicted octanol–water partition coefficient (Wildman–Crippen LogP) is 2.69. The number of anilines is 1. The fourth-order valence-electron chi connectivity index (χ4n) is 6.30. The summed E-state index contributed by atoms with van der Waals surface area (Å²) in [5.41, 5.74) is -4.38. The Labute approximate surface area is 223 Å². The van der Waals surface area contributed by atoms with Gasteiger partial charge in [0.1, 0.15) is 18.3 Å². The SMILES string of the molecule is N#CC1(F)c2cccc3c2N(Cc2c(ccc(F)c2F)C3N2C3COCCN3C(=O)c3c(O)c(=O)ccn32)C1F. The van der Waals surface area contributed by atoms with Crippen molar-refractivity contribution in [2.75, 3.05) is 29.7 Å². The Morgan fingerprint density at radius 1 is 1.10 bits per heavy atom. The van der Waals surface area contributed by atoms with Crippen LogP contribution in [0, 0.1) is 23.0 Å². The average molecular weight is 553 g/mol. The molecule has 0 radical (unpaired) electrons. The van der Waals surface area contributed by atoms with Crippen LogP contribution in [0.15, 0.2) is 47.4 Å². The molecule has 0 bridgehead atoms. The zero-order valence-corrected chi connectivity index (χ0v) is 20.5. The second kappa shape index (κ2) is 8.22. The second-order valence-corrected chi connectivity index (χ2v) is 10.0. The molecule has 1 amide bonds. The summed E-state index contributed by atoms with van der Waals surface area (Å²) in [5, 5.41) is 21.9. The number of carbonyl (C=O) groups is 1. The number of hydrogen-bond donors (Lipinski definition) is 1. The first kappa shape index (κ1) is 24.5. The van der Waals surface area contributed by atoms with Gasteiger partial charge in [-0.15, -0.1) is 0 Å². The van der Waals surface area contributed by atoms with E-state index in [4.69, 9.17) is 4.74 Å². The van der Waals surface area contributed by atoms with Gasteiger partial charge in [0.25, 0.3) is 11.6 Å². The number of morpholine rings is 1. The molecule has 4 aliphatic rings. The smallest absolute Gasteiger partial charge is 0.278 e. The zero-order chi connectivity index (χ0) is 28.1. The van der Waals surface area contributed by atoms with Gasteiger partial charge in [0.2, 0.25) is 11.7 Å². The van der Waals surface area contributed by atoms with E-state index in [9.17, 15) is 24.3 Å². The molecule has 4 atom stereocenters. The number of ether oxygens (including phenoxy) is 1. The molecule has 0 spiro atoms. The number of carbonyl (C=O) groups excluding carboxylic acids is 1. The van der Waals surface area contributed by atoms with Crippen molar-refractivity contribution in [3.8, 4) is 11.8 Å². The van der Waals surface area contributed by atoms with Gasteiger partial charge < -0.3 is 19.6 Å². The molecule has 0 saturated carbocycles. The minimum Gasteiger partial charge on any atom is -0.502 e. The number of nitrogens with zero attached hydrogens (tertiary/aromatic N) is 5. The highest BCUT2D eigenvalue weighted by molar-refractivity contribution is 5.96. The fraction of sp³-hybridized carbons (Fsp3) is 0.296. The van der Waals surface area contributed by atoms with E-state index in [0.717, 1.165) is 17.0 Å². The number of nitriles is 1. The van der Waals surface area contributed by atoms with Gasteiger partial charge in [-0.3, -0.25) is 19.3 Å². The highest BCUT2D eigenvalue weighted by atomic mass is 19.2. The van der Waals surface area contributed by atoms with Gasteiger partial charge in [-0.2, -0.15) is 5.26 Å². The van der Waals surface area contributed by atoms with Crippen molar-refractivity contribution in [2.45, 2.75) is 30.7 Å². The molecule has 4 unspecified atom stereocenters. The van der Waals surface area contributed by atoms with E-state index < -0.39 is 59.4 Å². The van der Waals surface area contributed by atoms with E-state index in [2.05, 4.69) is 0 Å². The van der Waals surface area contributed by atoms with Crippen LogP contribution in [0.3, 0.4) is 0 Å². The van der Waals surface area contributed by atoms with Crippen LogP contribution in [0.2, 0.25) is 0 Å². The van der Waals surface area contributed by atoms with E-state index in [1.165, 1.54) is 40.0 Å². The molecule has 4 aliphatic heterocycles. The van der Waals surface area contributed by atoms with Crippen LogP contribution >= 0.6 is 0 Å². The summed E-state index contributed by atoms with van der Waals surface area (Å²) in [7, 11) is 0. The largest absolute Gasteiger partial charge is 0.502 e. The van der Waals surface area contributed by atoms with Crippen LogP contribution in [0.4, 0.5) is 23.2 Å². The third-order valence-electron chi connectivity index (χ3n) is 8.10. The lowest BCUT2D eigenvalue weighted by molar-refractivity contribution is -0.0196. The van der Waals surface area contributed by atoms with Crippen molar-refractivity contribution in [1.29, 1.82) is 5.26 Å². The van der Waals surface area contributed by atoms with E-state index in [0.29, 0.717) is 0 Å². The number of fused-ring (bicyclic) bond motifs is 3. The number of aromatic nitrogens is 1. The lowest BCUT2D eigenvalue weighted by Gasteiger charge is -2.51. The number of rotatable bonds is 1. The molecule has 9 nitrogen and oxygen atoms in total. The van der Waals surface area contributed by atoms with Gasteiger partial charge >= 0.3 is 0 Å². The molecular formula is C27H19F4N5O4. The summed E-state index contributed by atoms with van der Waals surface area (Å²) in [6.45, 7) is -0.371. The Morgan fingerprint density at radius 3 is 2.67 bits per heavy atom. The van der Waals surface area contributed by atoms with E-state index >= 15 is 13.2 Å². The Morgan fingerprint density at radius 2 is 1.90 bits per heavy atom. The van der Waals surface area contributed by atoms with Gasteiger partial charge in [0.15, 0.2) is 23.1 Å². The molecule has 40 heavy (non-hydrogen) atoms. The first-order chi connectivity index (χ1) is 19.2. The van der Waals surface area contributed by atoms with Crippen molar-refractivity contribution in [3.05, 3.63) is 92.4 Å². The number of para-hydroxylation sites is 1. The number of amides is 1. The number of pyridine rings is 1. The Kier molecular flexibility index (Phi) is 5.03. The van der Waals surface area contributed by atoms with Crippen molar-refractivity contribution < 1.29 is 32.2 Å². The minimum absolute atomic E-state index is 0.00736. The molecule has 3 aromatic rings. The number of hydrogen-bond acceptors (Lipinski definition) is 7. The summed E-state index contributed by atoms with van der Waals surface area (Å²) in [6.07, 6.45) is -2.13. The Hall–Kier alpha value is -4.57. The number of aromatic hydroxyl groups is 1. The van der Waals surface area contributed by atoms with Crippen LogP contribution in [-0.2, 0) is 17.0 Å². The van der Waals surface area contributed by atoms with Gasteiger partial charge in [-0.1, -0.05) is 24.3 Å². The maximum absolute atomic E-state index is 15.9. The third-order valence-corrected chi connectivity index (χ3v) is 8.10. The van der Waals surface area contributed by atoms with Gasteiger partial charge in [0, 0.05) is 42.0 Å². The molecule has 0 aliphatic carbocycles. The lowest BCUT2D eigenvalue weighted by Crippen LogP contribution is -2.66. The Bertz CT molecular complexity index is 1720. The van der Waals surface area contributed by atoms with Crippen molar-refractivity contribution in [1.82, 2.24) is 9.58 Å². The van der Waals surface area contributed by atoms with Crippen LogP contribution in [0.5, 0.6) is 5.75 Å². The highest BCUT2D eigenvalue weighted by Crippen LogP contribution is 2.54. The summed E-state index contributed by atoms with van der Waals surface area (Å²) >= 11 is 0. The van der Waals surface area contributed by atoms with Gasteiger partial charge in [-0.05, 0) is 11.6 Å². The zero-order valence-electron chi connectivity index (χ0n) is 20.5. The van der Waals surface area contributed by atoms with E-state index in [1.54, 1.807) is 11.1 Å². The maximum Gasteiger partial charge on any atom is 0.278 e. The van der Waals surface area contributed by atoms with Gasteiger partial charge in [0.05, 0.1) is 18.9 Å². The summed E-state index contributed by atoms with van der Waals surface area (Å²) < 4.78 is 68.6. The maximum atomic E-state index is 15.9. The number of halogens is 4. The third kappa shape index (κ3) is 2.94. The van der Waals surface area contributed by atoms with Crippen LogP contribution in [0.1, 0.15) is 38.8 Å². The molecule has 204 valence electrons. The summed E-state index contributed by atoms with van der Waals surface area (Å²) in [6, 6.07) is 7.80. The molecule has 1 aromatic heterocycles. The van der Waals surface area contributed by atoms with Crippen LogP contribution < -0.4 is 15.3 Å². The topological polar surface area (TPSA) is 102 Å². The van der Waals surface area contributed by atoms with E-state index in [-0.39, 0.29) is 53.4 Å². The highest BCUT2D eigenvalue weighted by Gasteiger charge is 2.57. The molecule has 7 rings (SSSR count). The van der Waals surface area contributed by atoms with E-state index in [1.807, 2.05) is 0 Å². The average Bonchev–Trinajstić information content (AvgIpc) is 3.08. The quantitative estimate of drug-likeness (QED) is 0.365. The predicted molar refractivity (Wildman–Crippen MR) is 130 cm³/mol. The van der Waals surface area contributed by atoms with Crippen molar-refractivity contribution in [3.63, 3.8) is 0 Å². The minimum atomic E-state index is -3.09. The number of benzene rings is 2. The lowest BCUT2D eigenvalue weighted by atomic mass is 9.89. The molecule has 5 heterocycles. The number of alkyl halides is 2. The van der Waals surface area contributed by atoms with Crippen molar-refractivity contribution >= 4 is 11.6 Å². The molecular weight excluding hydrogens is 534 g/mol. The Balaban J connectivity index is 1.58. The monoisotopic (exact) mass is 553 g/mol. The molecule has 1 N–H and O–H groups in total. The standard InChI is InChI=1S/C27H19F4N5O4/c28-17-5-4-13-15(20(17)29)10-34-22-14(2-1-3-16(22)27(31,12-32)26(34)30)21(13)36-19-11-40-9-8-33(19)25(39)23-24(38)18(37)6-7-35(23)36/h1-7,19,21,26,38H,8-11H2. The molecule has 13 heteroatoms. The summed E-state index contributed by atoms with van der Waals surface area (Å²) in [4.78, 5) is 28.1. The van der Waals surface area contributed by atoms with Crippen LogP contribution in [-0.4, -0.2) is 52.8 Å². The van der Waals surface area contributed by atoms with Crippen LogP contribution in [0.25, 0.3) is 0 Å². The normalized spacial score (nSPS) is 26.4. The molecule has 1 fully saturated rings. The van der Waals surface area contributed by atoms with Crippen molar-refractivity contribution in [2.24, 2.45) is 0 Å².